The topological polar surface area (TPSA) is 25.8 Å². The summed E-state index contributed by atoms with van der Waals surface area (Å²) in [7, 11) is 6.95. The molecule has 0 atom stereocenters. The van der Waals surface area contributed by atoms with E-state index in [9.17, 15) is 0 Å². The van der Waals surface area contributed by atoms with Crippen molar-refractivity contribution in [3.05, 3.63) is 72.8 Å². The highest BCUT2D eigenvalue weighted by atomic mass is 33.1. The van der Waals surface area contributed by atoms with E-state index in [2.05, 4.69) is 70.6 Å². The minimum absolute atomic E-state index is 1.08. The highest BCUT2D eigenvalue weighted by molar-refractivity contribution is 8.77. The lowest BCUT2D eigenvalue weighted by Crippen LogP contribution is -1.71. The van der Waals surface area contributed by atoms with Gasteiger partial charge in [0.1, 0.15) is 0 Å². The summed E-state index contributed by atoms with van der Waals surface area (Å²) in [6, 6.07) is 25.3. The van der Waals surface area contributed by atoms with E-state index in [0.717, 1.165) is 19.7 Å². The molecule has 0 fully saturated rings. The van der Waals surface area contributed by atoms with Crippen molar-refractivity contribution in [2.75, 3.05) is 0 Å². The largest absolute Gasteiger partial charge is 0.229 e. The smallest absolute Gasteiger partial charge is 0.162 e. The number of aromatic nitrogens is 2. The predicted octanol–water partition coefficient (Wildman–Crippen LogP) is 8.50. The van der Waals surface area contributed by atoms with Crippen LogP contribution < -0.4 is 0 Å². The zero-order chi connectivity index (χ0) is 18.8. The highest BCUT2D eigenvalue weighted by Crippen LogP contribution is 2.43. The average Bonchev–Trinajstić information content (AvgIpc) is 3.34. The monoisotopic (exact) mass is 472 g/mol. The van der Waals surface area contributed by atoms with Crippen LogP contribution in [0, 0.1) is 0 Å². The minimum Gasteiger partial charge on any atom is -0.229 e. The molecule has 0 aliphatic carbocycles. The van der Waals surface area contributed by atoms with Crippen LogP contribution >= 0.6 is 65.8 Å². The zero-order valence-corrected chi connectivity index (χ0v) is 19.2. The maximum absolute atomic E-state index is 4.67. The van der Waals surface area contributed by atoms with Crippen LogP contribution in [0.25, 0.3) is 20.4 Å². The second-order valence-electron chi connectivity index (χ2n) is 5.70. The predicted molar refractivity (Wildman–Crippen MR) is 129 cm³/mol. The molecule has 0 aliphatic heterocycles. The SMILES string of the molecule is c1ccc2sc(SSc3ccc(SSc4nc5ccccc5s4)cc3)nc2c1. The molecule has 0 spiro atoms. The second-order valence-corrected chi connectivity index (χ2v) is 12.7. The summed E-state index contributed by atoms with van der Waals surface area (Å²) in [5, 5.41) is 0. The normalized spacial score (nSPS) is 11.4. The Morgan fingerprint density at radius 3 is 1.36 bits per heavy atom. The van der Waals surface area contributed by atoms with E-state index >= 15 is 0 Å². The van der Waals surface area contributed by atoms with Crippen molar-refractivity contribution < 1.29 is 0 Å². The van der Waals surface area contributed by atoms with Gasteiger partial charge in [0.25, 0.3) is 0 Å². The molecular weight excluding hydrogens is 461 g/mol. The van der Waals surface area contributed by atoms with Crippen molar-refractivity contribution in [3.8, 4) is 0 Å². The molecule has 8 heteroatoms. The summed E-state index contributed by atoms with van der Waals surface area (Å²) in [4.78, 5) is 11.8. The number of nitrogens with zero attached hydrogens (tertiary/aromatic N) is 2. The fourth-order valence-electron chi connectivity index (χ4n) is 2.49. The average molecular weight is 473 g/mol. The number of fused-ring (bicyclic) bond motifs is 2. The van der Waals surface area contributed by atoms with Crippen LogP contribution in [0.3, 0.4) is 0 Å². The Labute approximate surface area is 186 Å². The van der Waals surface area contributed by atoms with Crippen LogP contribution in [0.1, 0.15) is 0 Å². The second kappa shape index (κ2) is 8.69. The van der Waals surface area contributed by atoms with Crippen molar-refractivity contribution in [1.82, 2.24) is 9.97 Å². The van der Waals surface area contributed by atoms with Crippen LogP contribution in [0.5, 0.6) is 0 Å². The molecule has 2 aromatic heterocycles. The molecule has 0 bridgehead atoms. The number of rotatable bonds is 6. The quantitative estimate of drug-likeness (QED) is 0.230. The summed E-state index contributed by atoms with van der Waals surface area (Å²) in [5.74, 6) is 0. The van der Waals surface area contributed by atoms with Gasteiger partial charge >= 0.3 is 0 Å². The molecule has 0 amide bonds. The standard InChI is InChI=1S/C20H12N2S6/c1-3-7-17-15(5-1)21-19(23-17)27-25-13-9-11-14(12-10-13)26-28-20-22-16-6-2-4-8-18(16)24-20/h1-12H. The van der Waals surface area contributed by atoms with E-state index < -0.39 is 0 Å². The fraction of sp³-hybridized carbons (Fsp3) is 0. The summed E-state index contributed by atoms with van der Waals surface area (Å²) < 4.78 is 4.67. The maximum atomic E-state index is 4.67. The lowest BCUT2D eigenvalue weighted by atomic mass is 10.3. The van der Waals surface area contributed by atoms with Gasteiger partial charge in [-0.15, -0.1) is 22.7 Å². The van der Waals surface area contributed by atoms with Crippen LogP contribution in [0.4, 0.5) is 0 Å². The van der Waals surface area contributed by atoms with Crippen LogP contribution in [-0.2, 0) is 0 Å². The molecule has 2 nitrogen and oxygen atoms in total. The van der Waals surface area contributed by atoms with Crippen molar-refractivity contribution >= 4 is 86.3 Å². The third-order valence-electron chi connectivity index (χ3n) is 3.79. The van der Waals surface area contributed by atoms with E-state index in [0.29, 0.717) is 0 Å². The van der Waals surface area contributed by atoms with E-state index in [1.165, 1.54) is 19.2 Å². The third kappa shape index (κ3) is 4.37. The van der Waals surface area contributed by atoms with Crippen molar-refractivity contribution in [2.45, 2.75) is 18.5 Å². The third-order valence-corrected chi connectivity index (χ3v) is 11.3. The van der Waals surface area contributed by atoms with Gasteiger partial charge in [0.2, 0.25) is 0 Å². The first-order valence-electron chi connectivity index (χ1n) is 8.34. The Kier molecular flexibility index (Phi) is 5.85. The van der Waals surface area contributed by atoms with Gasteiger partial charge in [-0.2, -0.15) is 0 Å². The lowest BCUT2D eigenvalue weighted by Gasteiger charge is -2.01. The van der Waals surface area contributed by atoms with Crippen LogP contribution in [-0.4, -0.2) is 9.97 Å². The van der Waals surface area contributed by atoms with Gasteiger partial charge in [-0.1, -0.05) is 45.9 Å². The first-order chi connectivity index (χ1) is 13.8. The number of thiazole rings is 2. The molecule has 28 heavy (non-hydrogen) atoms. The summed E-state index contributed by atoms with van der Waals surface area (Å²) >= 11 is 3.49. The first kappa shape index (κ1) is 18.8. The number of benzene rings is 3. The van der Waals surface area contributed by atoms with Crippen molar-refractivity contribution in [2.24, 2.45) is 0 Å². The first-order valence-corrected chi connectivity index (χ1v) is 14.3. The molecule has 0 radical (unpaired) electrons. The van der Waals surface area contributed by atoms with E-state index in [-0.39, 0.29) is 0 Å². The molecule has 3 aromatic carbocycles. The van der Waals surface area contributed by atoms with Gasteiger partial charge < -0.3 is 0 Å². The molecule has 5 aromatic rings. The number of para-hydroxylation sites is 2. The Hall–Kier alpha value is -1.16. The zero-order valence-electron chi connectivity index (χ0n) is 14.3. The Bertz CT molecular complexity index is 1070. The summed E-state index contributed by atoms with van der Waals surface area (Å²) in [6.45, 7) is 0. The molecular formula is C20H12N2S6. The van der Waals surface area contributed by atoms with Crippen molar-refractivity contribution in [1.29, 1.82) is 0 Å². The van der Waals surface area contributed by atoms with Gasteiger partial charge in [-0.05, 0) is 70.1 Å². The molecule has 0 saturated heterocycles. The molecule has 0 aliphatic rings. The van der Waals surface area contributed by atoms with E-state index in [1.807, 2.05) is 12.1 Å². The molecule has 0 unspecified atom stereocenters. The molecule has 138 valence electrons. The molecule has 0 saturated carbocycles. The van der Waals surface area contributed by atoms with Crippen LogP contribution in [0.15, 0.2) is 91.3 Å². The van der Waals surface area contributed by atoms with Gasteiger partial charge in [0.15, 0.2) is 8.68 Å². The van der Waals surface area contributed by atoms with Gasteiger partial charge in [-0.3, -0.25) is 0 Å². The lowest BCUT2D eigenvalue weighted by molar-refractivity contribution is 1.31. The Morgan fingerprint density at radius 2 is 0.929 bits per heavy atom. The Balaban J connectivity index is 1.19. The number of hydrogen-bond acceptors (Lipinski definition) is 8. The minimum atomic E-state index is 1.08. The number of hydrogen-bond donors (Lipinski definition) is 0. The molecule has 5 rings (SSSR count). The van der Waals surface area contributed by atoms with Crippen LogP contribution in [0.2, 0.25) is 0 Å². The highest BCUT2D eigenvalue weighted by Gasteiger charge is 2.07. The molecule has 0 N–H and O–H groups in total. The molecule has 2 heterocycles. The summed E-state index contributed by atoms with van der Waals surface area (Å²) in [6.07, 6.45) is 0. The van der Waals surface area contributed by atoms with E-state index in [4.69, 9.17) is 0 Å². The van der Waals surface area contributed by atoms with Crippen molar-refractivity contribution in [3.63, 3.8) is 0 Å². The summed E-state index contributed by atoms with van der Waals surface area (Å²) in [5.41, 5.74) is 2.16. The van der Waals surface area contributed by atoms with Gasteiger partial charge in [-0.25, -0.2) is 9.97 Å². The van der Waals surface area contributed by atoms with Gasteiger partial charge in [0, 0.05) is 9.79 Å². The maximum Gasteiger partial charge on any atom is 0.162 e. The van der Waals surface area contributed by atoms with E-state index in [1.54, 1.807) is 65.8 Å². The fourth-order valence-corrected chi connectivity index (χ4v) is 8.92. The van der Waals surface area contributed by atoms with Gasteiger partial charge in [0.05, 0.1) is 20.4 Å². The Morgan fingerprint density at radius 1 is 0.500 bits per heavy atom.